The van der Waals surface area contributed by atoms with E-state index in [0.717, 1.165) is 36.9 Å². The number of aromatic nitrogens is 1. The van der Waals surface area contributed by atoms with Crippen molar-refractivity contribution in [2.75, 3.05) is 39.4 Å². The van der Waals surface area contributed by atoms with Gasteiger partial charge in [0, 0.05) is 44.7 Å². The molecule has 1 atom stereocenters. The molecule has 27 heavy (non-hydrogen) atoms. The van der Waals surface area contributed by atoms with Crippen LogP contribution in [0.25, 0.3) is 0 Å². The van der Waals surface area contributed by atoms with Crippen molar-refractivity contribution in [2.24, 2.45) is 5.92 Å². The summed E-state index contributed by atoms with van der Waals surface area (Å²) in [6.45, 7) is 7.73. The molecule has 4 heterocycles. The van der Waals surface area contributed by atoms with Gasteiger partial charge in [-0.2, -0.15) is 0 Å². The minimum atomic E-state index is -0.464. The number of hydrogen-bond donors (Lipinski definition) is 1. The highest BCUT2D eigenvalue weighted by Crippen LogP contribution is 2.32. The van der Waals surface area contributed by atoms with E-state index in [1.54, 1.807) is 0 Å². The molecule has 1 N–H and O–H groups in total. The Morgan fingerprint density at radius 3 is 2.44 bits per heavy atom. The molecule has 1 spiro atoms. The molecule has 4 rings (SSSR count). The van der Waals surface area contributed by atoms with Crippen LogP contribution in [-0.4, -0.2) is 71.8 Å². The van der Waals surface area contributed by atoms with E-state index in [4.69, 9.17) is 9.47 Å². The second-order valence-corrected chi connectivity index (χ2v) is 8.03. The summed E-state index contributed by atoms with van der Waals surface area (Å²) in [5, 5.41) is 0. The van der Waals surface area contributed by atoms with Gasteiger partial charge in [-0.3, -0.25) is 9.59 Å². The molecule has 0 bridgehead atoms. The average molecular weight is 375 g/mol. The fourth-order valence-corrected chi connectivity index (χ4v) is 4.58. The van der Waals surface area contributed by atoms with Gasteiger partial charge in [-0.05, 0) is 38.3 Å². The van der Waals surface area contributed by atoms with E-state index in [0.29, 0.717) is 45.1 Å². The van der Waals surface area contributed by atoms with Gasteiger partial charge in [0.15, 0.2) is 5.79 Å². The molecule has 3 fully saturated rings. The van der Waals surface area contributed by atoms with E-state index >= 15 is 0 Å². The Labute approximate surface area is 160 Å². The lowest BCUT2D eigenvalue weighted by Gasteiger charge is -2.40. The average Bonchev–Trinajstić information content (AvgIpc) is 3.27. The molecule has 0 aromatic carbocycles. The third-order valence-corrected chi connectivity index (χ3v) is 6.07. The van der Waals surface area contributed by atoms with Crippen LogP contribution in [0.5, 0.6) is 0 Å². The minimum Gasteiger partial charge on any atom is -0.354 e. The molecule has 0 radical (unpaired) electrons. The Morgan fingerprint density at radius 2 is 1.81 bits per heavy atom. The van der Waals surface area contributed by atoms with Crippen molar-refractivity contribution in [3.8, 4) is 0 Å². The van der Waals surface area contributed by atoms with Gasteiger partial charge in [0.05, 0.1) is 19.1 Å². The summed E-state index contributed by atoms with van der Waals surface area (Å²) in [4.78, 5) is 32.8. The van der Waals surface area contributed by atoms with Gasteiger partial charge in [-0.15, -0.1) is 0 Å². The zero-order valence-electron chi connectivity index (χ0n) is 16.3. The van der Waals surface area contributed by atoms with E-state index < -0.39 is 5.79 Å². The number of H-pyrrole nitrogens is 1. The van der Waals surface area contributed by atoms with Crippen molar-refractivity contribution >= 4 is 11.8 Å². The zero-order valence-corrected chi connectivity index (χ0v) is 16.3. The van der Waals surface area contributed by atoms with Crippen molar-refractivity contribution in [1.82, 2.24) is 14.8 Å². The molecule has 0 aliphatic carbocycles. The fraction of sp³-hybridized carbons (Fsp3) is 0.700. The molecule has 7 nitrogen and oxygen atoms in total. The third kappa shape index (κ3) is 3.62. The SMILES string of the molecule is Cc1cc(C)c(C(=O)N2CCCC(C(=O)N3CCC4(CC3)OCCO4)C2)[nH]1. The van der Waals surface area contributed by atoms with Crippen LogP contribution < -0.4 is 0 Å². The van der Waals surface area contributed by atoms with Crippen LogP contribution in [0, 0.1) is 19.8 Å². The second-order valence-electron chi connectivity index (χ2n) is 8.03. The smallest absolute Gasteiger partial charge is 0.270 e. The number of piperidine rings is 2. The van der Waals surface area contributed by atoms with Crippen molar-refractivity contribution in [3.63, 3.8) is 0 Å². The first-order valence-corrected chi connectivity index (χ1v) is 10.00. The van der Waals surface area contributed by atoms with E-state index in [9.17, 15) is 9.59 Å². The lowest BCUT2D eigenvalue weighted by atomic mass is 9.94. The Morgan fingerprint density at radius 1 is 1.11 bits per heavy atom. The summed E-state index contributed by atoms with van der Waals surface area (Å²) in [5.74, 6) is -0.407. The maximum atomic E-state index is 13.0. The van der Waals surface area contributed by atoms with Crippen LogP contribution in [0.1, 0.15) is 47.4 Å². The van der Waals surface area contributed by atoms with Crippen LogP contribution in [0.15, 0.2) is 6.07 Å². The largest absolute Gasteiger partial charge is 0.354 e. The predicted molar refractivity (Wildman–Crippen MR) is 99.3 cm³/mol. The first kappa shape index (κ1) is 18.5. The predicted octanol–water partition coefficient (Wildman–Crippen LogP) is 1.85. The Bertz CT molecular complexity index is 713. The molecular weight excluding hydrogens is 346 g/mol. The minimum absolute atomic E-state index is 0.00320. The molecule has 1 aromatic heterocycles. The molecule has 1 unspecified atom stereocenters. The monoisotopic (exact) mass is 375 g/mol. The number of likely N-dealkylation sites (tertiary alicyclic amines) is 2. The summed E-state index contributed by atoms with van der Waals surface area (Å²) in [6.07, 6.45) is 3.18. The van der Waals surface area contributed by atoms with Gasteiger partial charge < -0.3 is 24.3 Å². The first-order valence-electron chi connectivity index (χ1n) is 10.00. The van der Waals surface area contributed by atoms with E-state index in [1.807, 2.05) is 29.7 Å². The molecular formula is C20H29N3O4. The number of amides is 2. The highest BCUT2D eigenvalue weighted by Gasteiger charge is 2.42. The maximum absolute atomic E-state index is 13.0. The number of aryl methyl sites for hydroxylation is 2. The third-order valence-electron chi connectivity index (χ3n) is 6.07. The highest BCUT2D eigenvalue weighted by molar-refractivity contribution is 5.94. The number of rotatable bonds is 2. The van der Waals surface area contributed by atoms with Gasteiger partial charge >= 0.3 is 0 Å². The van der Waals surface area contributed by atoms with Crippen molar-refractivity contribution in [3.05, 3.63) is 23.0 Å². The summed E-state index contributed by atoms with van der Waals surface area (Å²) in [6, 6.07) is 1.98. The molecule has 148 valence electrons. The molecule has 3 aliphatic heterocycles. The quantitative estimate of drug-likeness (QED) is 0.856. The summed E-state index contributed by atoms with van der Waals surface area (Å²) >= 11 is 0. The molecule has 3 aliphatic rings. The normalized spacial score (nSPS) is 25.2. The van der Waals surface area contributed by atoms with Gasteiger partial charge in [-0.1, -0.05) is 0 Å². The number of hydrogen-bond acceptors (Lipinski definition) is 4. The Hall–Kier alpha value is -1.86. The van der Waals surface area contributed by atoms with Crippen molar-refractivity contribution in [1.29, 1.82) is 0 Å². The van der Waals surface area contributed by atoms with Gasteiger partial charge in [-0.25, -0.2) is 0 Å². The summed E-state index contributed by atoms with van der Waals surface area (Å²) in [5.41, 5.74) is 2.60. The second kappa shape index (κ2) is 7.28. The lowest BCUT2D eigenvalue weighted by molar-refractivity contribution is -0.188. The number of ether oxygens (including phenoxy) is 2. The number of carbonyl (C=O) groups excluding carboxylic acids is 2. The maximum Gasteiger partial charge on any atom is 0.270 e. The number of nitrogens with one attached hydrogen (secondary N) is 1. The first-order chi connectivity index (χ1) is 13.0. The topological polar surface area (TPSA) is 74.9 Å². The van der Waals surface area contributed by atoms with Crippen molar-refractivity contribution in [2.45, 2.75) is 45.3 Å². The van der Waals surface area contributed by atoms with Gasteiger partial charge in [0.2, 0.25) is 5.91 Å². The van der Waals surface area contributed by atoms with Crippen LogP contribution in [0.4, 0.5) is 0 Å². The van der Waals surface area contributed by atoms with Crippen LogP contribution in [0.2, 0.25) is 0 Å². The summed E-state index contributed by atoms with van der Waals surface area (Å²) < 4.78 is 11.5. The standard InChI is InChI=1S/C20H29N3O4/c1-14-12-15(2)21-17(14)19(25)23-7-3-4-16(13-23)18(24)22-8-5-20(6-9-22)26-10-11-27-20/h12,16,21H,3-11,13H2,1-2H3. The van der Waals surface area contributed by atoms with Gasteiger partial charge in [0.1, 0.15) is 5.69 Å². The zero-order chi connectivity index (χ0) is 19.0. The lowest BCUT2D eigenvalue weighted by Crippen LogP contribution is -2.52. The van der Waals surface area contributed by atoms with Crippen LogP contribution >= 0.6 is 0 Å². The van der Waals surface area contributed by atoms with Crippen LogP contribution in [-0.2, 0) is 14.3 Å². The van der Waals surface area contributed by atoms with Gasteiger partial charge in [0.25, 0.3) is 5.91 Å². The molecule has 3 saturated heterocycles. The van der Waals surface area contributed by atoms with E-state index in [1.165, 1.54) is 0 Å². The molecule has 0 saturated carbocycles. The molecule has 1 aromatic rings. The molecule has 7 heteroatoms. The van der Waals surface area contributed by atoms with E-state index in [-0.39, 0.29) is 17.7 Å². The Balaban J connectivity index is 1.37. The Kier molecular flexibility index (Phi) is 4.99. The molecule has 2 amide bonds. The highest BCUT2D eigenvalue weighted by atomic mass is 16.7. The fourth-order valence-electron chi connectivity index (χ4n) is 4.58. The van der Waals surface area contributed by atoms with E-state index in [2.05, 4.69) is 4.98 Å². The van der Waals surface area contributed by atoms with Crippen molar-refractivity contribution < 1.29 is 19.1 Å². The summed E-state index contributed by atoms with van der Waals surface area (Å²) in [7, 11) is 0. The number of carbonyl (C=O) groups is 2. The van der Waals surface area contributed by atoms with Crippen LogP contribution in [0.3, 0.4) is 0 Å². The number of aromatic amines is 1. The number of nitrogens with zero attached hydrogens (tertiary/aromatic N) is 2.